The molecule has 1 N–H and O–H groups in total. The van der Waals surface area contributed by atoms with E-state index < -0.39 is 5.60 Å². The van der Waals surface area contributed by atoms with Crippen molar-refractivity contribution in [1.29, 1.82) is 0 Å². The lowest BCUT2D eigenvalue weighted by atomic mass is 9.87. The van der Waals surface area contributed by atoms with Gasteiger partial charge >= 0.3 is 0 Å². The van der Waals surface area contributed by atoms with Crippen LogP contribution in [0.1, 0.15) is 28.7 Å². The molecule has 1 nitrogen and oxygen atoms in total. The van der Waals surface area contributed by atoms with Crippen LogP contribution in [0.2, 0.25) is 0 Å². The van der Waals surface area contributed by atoms with Gasteiger partial charge in [0, 0.05) is 0 Å². The van der Waals surface area contributed by atoms with E-state index in [1.54, 1.807) is 12.1 Å². The zero-order valence-electron chi connectivity index (χ0n) is 10.3. The van der Waals surface area contributed by atoms with E-state index in [1.165, 1.54) is 17.7 Å². The lowest BCUT2D eigenvalue weighted by Gasteiger charge is -2.25. The third-order valence-corrected chi connectivity index (χ3v) is 3.79. The van der Waals surface area contributed by atoms with E-state index in [0.29, 0.717) is 6.42 Å². The Balaban J connectivity index is 2.13. The average molecular weight is 242 g/mol. The lowest BCUT2D eigenvalue weighted by Crippen LogP contribution is -2.23. The fourth-order valence-electron chi connectivity index (χ4n) is 2.77. The van der Waals surface area contributed by atoms with E-state index in [1.807, 2.05) is 13.0 Å². The van der Waals surface area contributed by atoms with E-state index in [9.17, 15) is 9.50 Å². The molecule has 0 aliphatic heterocycles. The maximum Gasteiger partial charge on any atom is 0.123 e. The number of hydrogen-bond acceptors (Lipinski definition) is 1. The van der Waals surface area contributed by atoms with Gasteiger partial charge in [-0.1, -0.05) is 35.9 Å². The summed E-state index contributed by atoms with van der Waals surface area (Å²) in [5.41, 5.74) is 3.10. The third kappa shape index (κ3) is 1.65. The average Bonchev–Trinajstić information content (AvgIpc) is 2.69. The van der Waals surface area contributed by atoms with Crippen molar-refractivity contribution in [2.24, 2.45) is 0 Å². The molecule has 2 aromatic rings. The highest BCUT2D eigenvalue weighted by molar-refractivity contribution is 5.46. The second-order valence-electron chi connectivity index (χ2n) is 5.03. The summed E-state index contributed by atoms with van der Waals surface area (Å²) in [6.07, 6.45) is 1.53. The predicted octanol–water partition coefficient (Wildman–Crippen LogP) is 3.32. The van der Waals surface area contributed by atoms with Gasteiger partial charge < -0.3 is 5.11 Å². The Bertz CT molecular complexity index is 589. The van der Waals surface area contributed by atoms with Crippen molar-refractivity contribution in [3.8, 4) is 0 Å². The molecule has 0 saturated carbocycles. The number of hydrogen-bond donors (Lipinski definition) is 1. The molecule has 0 bridgehead atoms. The Morgan fingerprint density at radius 2 is 1.83 bits per heavy atom. The van der Waals surface area contributed by atoms with Crippen LogP contribution in [0.25, 0.3) is 0 Å². The number of aryl methyl sites for hydroxylation is 2. The molecule has 2 aromatic carbocycles. The summed E-state index contributed by atoms with van der Waals surface area (Å²) in [6, 6.07) is 12.3. The van der Waals surface area contributed by atoms with E-state index in [2.05, 4.69) is 12.1 Å². The molecule has 1 aliphatic rings. The minimum Gasteiger partial charge on any atom is -0.380 e. The first kappa shape index (κ1) is 11.4. The molecule has 0 amide bonds. The summed E-state index contributed by atoms with van der Waals surface area (Å²) in [5.74, 6) is -0.273. The molecule has 0 spiro atoms. The normalized spacial score (nSPS) is 21.9. The van der Waals surface area contributed by atoms with Gasteiger partial charge in [0.25, 0.3) is 0 Å². The van der Waals surface area contributed by atoms with Crippen molar-refractivity contribution in [3.63, 3.8) is 0 Å². The quantitative estimate of drug-likeness (QED) is 0.813. The van der Waals surface area contributed by atoms with Crippen LogP contribution in [0.15, 0.2) is 42.5 Å². The molecule has 0 saturated heterocycles. The van der Waals surface area contributed by atoms with Crippen LogP contribution in [0.4, 0.5) is 4.39 Å². The minimum absolute atomic E-state index is 0.273. The first-order chi connectivity index (χ1) is 8.59. The molecule has 0 fully saturated rings. The van der Waals surface area contributed by atoms with Gasteiger partial charge in [0.15, 0.2) is 0 Å². The fourth-order valence-corrected chi connectivity index (χ4v) is 2.77. The molecule has 0 radical (unpaired) electrons. The zero-order valence-corrected chi connectivity index (χ0v) is 10.3. The Labute approximate surface area is 106 Å². The third-order valence-electron chi connectivity index (χ3n) is 3.79. The van der Waals surface area contributed by atoms with Crippen molar-refractivity contribution in [2.45, 2.75) is 25.4 Å². The van der Waals surface area contributed by atoms with Crippen LogP contribution in [0, 0.1) is 12.7 Å². The van der Waals surface area contributed by atoms with E-state index >= 15 is 0 Å². The molecule has 92 valence electrons. The first-order valence-electron chi connectivity index (χ1n) is 6.18. The van der Waals surface area contributed by atoms with Crippen molar-refractivity contribution < 1.29 is 9.50 Å². The number of fused-ring (bicyclic) bond motifs is 1. The van der Waals surface area contributed by atoms with Crippen LogP contribution in [-0.2, 0) is 12.0 Å². The molecular weight excluding hydrogens is 227 g/mol. The summed E-state index contributed by atoms with van der Waals surface area (Å²) >= 11 is 0. The molecule has 0 heterocycles. The number of aliphatic hydroxyl groups is 1. The SMILES string of the molecule is Cc1ccc2c(c1)C(O)(c1ccc(F)cc1)CC2. The van der Waals surface area contributed by atoms with Crippen LogP contribution >= 0.6 is 0 Å². The highest BCUT2D eigenvalue weighted by Gasteiger charge is 2.38. The van der Waals surface area contributed by atoms with Crippen molar-refractivity contribution >= 4 is 0 Å². The number of halogens is 1. The van der Waals surface area contributed by atoms with E-state index in [0.717, 1.165) is 23.1 Å². The first-order valence-corrected chi connectivity index (χ1v) is 6.18. The van der Waals surface area contributed by atoms with E-state index in [-0.39, 0.29) is 5.82 Å². The van der Waals surface area contributed by atoms with Gasteiger partial charge in [-0.05, 0) is 48.6 Å². The van der Waals surface area contributed by atoms with Crippen molar-refractivity contribution in [2.75, 3.05) is 0 Å². The summed E-state index contributed by atoms with van der Waals surface area (Å²) < 4.78 is 13.0. The van der Waals surface area contributed by atoms with Crippen molar-refractivity contribution in [1.82, 2.24) is 0 Å². The summed E-state index contributed by atoms with van der Waals surface area (Å²) in [4.78, 5) is 0. The second-order valence-corrected chi connectivity index (χ2v) is 5.03. The number of benzene rings is 2. The summed E-state index contributed by atoms with van der Waals surface area (Å²) in [6.45, 7) is 2.02. The maximum absolute atomic E-state index is 13.0. The number of rotatable bonds is 1. The second kappa shape index (κ2) is 3.92. The Morgan fingerprint density at radius 1 is 1.11 bits per heavy atom. The Kier molecular flexibility index (Phi) is 2.49. The molecule has 1 unspecified atom stereocenters. The van der Waals surface area contributed by atoms with Crippen LogP contribution in [-0.4, -0.2) is 5.11 Å². The highest BCUT2D eigenvalue weighted by atomic mass is 19.1. The van der Waals surface area contributed by atoms with Crippen LogP contribution in [0.3, 0.4) is 0 Å². The topological polar surface area (TPSA) is 20.2 Å². The summed E-state index contributed by atoms with van der Waals surface area (Å²) in [5, 5.41) is 10.9. The molecule has 1 atom stereocenters. The van der Waals surface area contributed by atoms with Gasteiger partial charge in [-0.2, -0.15) is 0 Å². The maximum atomic E-state index is 13.0. The van der Waals surface area contributed by atoms with Gasteiger partial charge in [-0.25, -0.2) is 4.39 Å². The highest BCUT2D eigenvalue weighted by Crippen LogP contribution is 2.42. The van der Waals surface area contributed by atoms with Gasteiger partial charge in [0.2, 0.25) is 0 Å². The monoisotopic (exact) mass is 242 g/mol. The lowest BCUT2D eigenvalue weighted by molar-refractivity contribution is 0.0828. The van der Waals surface area contributed by atoms with Gasteiger partial charge in [0.1, 0.15) is 11.4 Å². The molecule has 3 rings (SSSR count). The molecule has 18 heavy (non-hydrogen) atoms. The van der Waals surface area contributed by atoms with Gasteiger partial charge in [0.05, 0.1) is 0 Å². The smallest absolute Gasteiger partial charge is 0.123 e. The van der Waals surface area contributed by atoms with Crippen LogP contribution < -0.4 is 0 Å². The minimum atomic E-state index is -0.963. The van der Waals surface area contributed by atoms with Crippen LogP contribution in [0.5, 0.6) is 0 Å². The van der Waals surface area contributed by atoms with E-state index in [4.69, 9.17) is 0 Å². The molecule has 2 heteroatoms. The van der Waals surface area contributed by atoms with Gasteiger partial charge in [-0.15, -0.1) is 0 Å². The Morgan fingerprint density at radius 3 is 2.56 bits per heavy atom. The molecule has 1 aliphatic carbocycles. The summed E-state index contributed by atoms with van der Waals surface area (Å²) in [7, 11) is 0. The van der Waals surface area contributed by atoms with Crippen molar-refractivity contribution in [3.05, 3.63) is 70.5 Å². The standard InChI is InChI=1S/C16H15FO/c1-11-2-3-12-8-9-16(18,15(12)10-11)13-4-6-14(17)7-5-13/h2-7,10,18H,8-9H2,1H3. The largest absolute Gasteiger partial charge is 0.380 e. The zero-order chi connectivity index (χ0) is 12.8. The molecule has 0 aromatic heterocycles. The van der Waals surface area contributed by atoms with Gasteiger partial charge in [-0.3, -0.25) is 0 Å². The Hall–Kier alpha value is -1.67. The predicted molar refractivity (Wildman–Crippen MR) is 68.9 cm³/mol. The molecular formula is C16H15FO. The fraction of sp³-hybridized carbons (Fsp3) is 0.250.